The van der Waals surface area contributed by atoms with Crippen molar-refractivity contribution >= 4 is 23.6 Å². The lowest BCUT2D eigenvalue weighted by Crippen LogP contribution is -2.40. The quantitative estimate of drug-likeness (QED) is 0.574. The van der Waals surface area contributed by atoms with Crippen molar-refractivity contribution in [3.8, 4) is 5.75 Å². The minimum absolute atomic E-state index is 0.134. The molecule has 168 valence electrons. The van der Waals surface area contributed by atoms with Gasteiger partial charge in [-0.3, -0.25) is 10.2 Å². The van der Waals surface area contributed by atoms with E-state index >= 15 is 0 Å². The Morgan fingerprint density at radius 2 is 1.74 bits per heavy atom. The van der Waals surface area contributed by atoms with Crippen LogP contribution < -0.4 is 15.0 Å². The number of carbonyl (C=O) groups is 2. The number of carbonyl (C=O) groups excluding carboxylic acids is 2. The van der Waals surface area contributed by atoms with Crippen molar-refractivity contribution in [3.63, 3.8) is 0 Å². The molecule has 0 aromatic heterocycles. The maximum absolute atomic E-state index is 13.0. The van der Waals surface area contributed by atoms with Crippen LogP contribution in [0.5, 0.6) is 5.75 Å². The zero-order chi connectivity index (χ0) is 22.8. The van der Waals surface area contributed by atoms with E-state index in [0.29, 0.717) is 18.0 Å². The van der Waals surface area contributed by atoms with E-state index in [1.165, 1.54) is 19.1 Å². The molecule has 8 heteroatoms. The molecule has 0 aliphatic heterocycles. The molecule has 0 bridgehead atoms. The molecule has 0 aliphatic carbocycles. The Morgan fingerprint density at radius 3 is 2.39 bits per heavy atom. The first-order valence-electron chi connectivity index (χ1n) is 9.97. The zero-order valence-corrected chi connectivity index (χ0v) is 18.6. The molecule has 1 N–H and O–H groups in total. The number of hydrogen-bond donors (Lipinski definition) is 1. The number of anilines is 2. The van der Waals surface area contributed by atoms with Gasteiger partial charge < -0.3 is 18.9 Å². The number of aryl methyl sites for hydroxylation is 1. The van der Waals surface area contributed by atoms with E-state index in [9.17, 15) is 9.59 Å². The van der Waals surface area contributed by atoms with Crippen LogP contribution in [-0.2, 0) is 14.2 Å². The highest BCUT2D eigenvalue weighted by Crippen LogP contribution is 2.22. The van der Waals surface area contributed by atoms with Gasteiger partial charge in [-0.25, -0.2) is 9.59 Å². The van der Waals surface area contributed by atoms with E-state index in [-0.39, 0.29) is 18.2 Å². The van der Waals surface area contributed by atoms with Crippen molar-refractivity contribution in [2.75, 3.05) is 37.6 Å². The van der Waals surface area contributed by atoms with E-state index in [2.05, 4.69) is 5.32 Å². The monoisotopic (exact) mass is 430 g/mol. The molecule has 2 amide bonds. The summed E-state index contributed by atoms with van der Waals surface area (Å²) < 4.78 is 21.2. The smallest absolute Gasteiger partial charge is 0.419 e. The molecule has 2 aromatic rings. The van der Waals surface area contributed by atoms with Gasteiger partial charge in [-0.05, 0) is 42.7 Å². The molecule has 0 radical (unpaired) electrons. The van der Waals surface area contributed by atoms with Crippen LogP contribution in [0.2, 0.25) is 0 Å². The van der Waals surface area contributed by atoms with Gasteiger partial charge in [-0.15, -0.1) is 0 Å². The third kappa shape index (κ3) is 7.92. The predicted octanol–water partition coefficient (Wildman–Crippen LogP) is 4.82. The largest absolute Gasteiger partial charge is 0.449 e. The van der Waals surface area contributed by atoms with Crippen molar-refractivity contribution in [2.45, 2.75) is 27.1 Å². The van der Waals surface area contributed by atoms with Gasteiger partial charge in [0.05, 0.1) is 13.2 Å². The number of hydrogen-bond acceptors (Lipinski definition) is 6. The minimum atomic E-state index is -0.628. The highest BCUT2D eigenvalue weighted by atomic mass is 16.7. The van der Waals surface area contributed by atoms with Crippen molar-refractivity contribution < 1.29 is 28.5 Å². The van der Waals surface area contributed by atoms with Gasteiger partial charge in [-0.1, -0.05) is 32.0 Å². The molecule has 0 unspecified atom stereocenters. The summed E-state index contributed by atoms with van der Waals surface area (Å²) in [7, 11) is 3.00. The van der Waals surface area contributed by atoms with Gasteiger partial charge in [0.2, 0.25) is 0 Å². The fourth-order valence-electron chi connectivity index (χ4n) is 2.67. The molecule has 0 heterocycles. The average Bonchev–Trinajstić information content (AvgIpc) is 2.73. The van der Waals surface area contributed by atoms with Crippen LogP contribution in [0.1, 0.15) is 19.4 Å². The maximum Gasteiger partial charge on any atom is 0.419 e. The summed E-state index contributed by atoms with van der Waals surface area (Å²) in [6.45, 7) is 6.28. The van der Waals surface area contributed by atoms with Gasteiger partial charge >= 0.3 is 12.2 Å². The third-order valence-electron chi connectivity index (χ3n) is 4.22. The van der Waals surface area contributed by atoms with E-state index in [1.54, 1.807) is 30.3 Å². The standard InChI is InChI=1S/C23H30N2O6/c1-16(2)15-30-22(26)24-18-9-7-11-20(13-18)31-23(27)25(14-21(28-4)29-5)19-10-6-8-17(3)12-19/h6-13,16,21H,14-15H2,1-5H3,(H,24,26). The lowest BCUT2D eigenvalue weighted by molar-refractivity contribution is -0.0943. The van der Waals surface area contributed by atoms with E-state index in [1.807, 2.05) is 39.0 Å². The van der Waals surface area contributed by atoms with Gasteiger partial charge in [0.25, 0.3) is 0 Å². The van der Waals surface area contributed by atoms with Crippen LogP contribution in [0.4, 0.5) is 21.0 Å². The van der Waals surface area contributed by atoms with Crippen molar-refractivity contribution in [1.82, 2.24) is 0 Å². The van der Waals surface area contributed by atoms with Crippen molar-refractivity contribution in [3.05, 3.63) is 54.1 Å². The second-order valence-corrected chi connectivity index (χ2v) is 7.36. The molecule has 0 saturated heterocycles. The summed E-state index contributed by atoms with van der Waals surface area (Å²) in [6.07, 6.45) is -1.80. The maximum atomic E-state index is 13.0. The number of methoxy groups -OCH3 is 2. The van der Waals surface area contributed by atoms with E-state index in [0.717, 1.165) is 5.56 Å². The van der Waals surface area contributed by atoms with Crippen LogP contribution in [0.25, 0.3) is 0 Å². The Bertz CT molecular complexity index is 867. The lowest BCUT2D eigenvalue weighted by Gasteiger charge is -2.26. The molecule has 0 saturated carbocycles. The molecule has 2 rings (SSSR count). The van der Waals surface area contributed by atoms with Crippen molar-refractivity contribution in [1.29, 1.82) is 0 Å². The summed E-state index contributed by atoms with van der Waals surface area (Å²) in [5.41, 5.74) is 2.09. The number of ether oxygens (including phenoxy) is 4. The zero-order valence-electron chi connectivity index (χ0n) is 18.6. The Morgan fingerprint density at radius 1 is 1.03 bits per heavy atom. The summed E-state index contributed by atoms with van der Waals surface area (Å²) in [4.78, 5) is 26.3. The predicted molar refractivity (Wildman–Crippen MR) is 119 cm³/mol. The van der Waals surface area contributed by atoms with Crippen LogP contribution in [0, 0.1) is 12.8 Å². The first-order valence-corrected chi connectivity index (χ1v) is 9.97. The van der Waals surface area contributed by atoms with E-state index < -0.39 is 18.5 Å². The second kappa shape index (κ2) is 11.9. The first kappa shape index (κ1) is 24.2. The fourth-order valence-corrected chi connectivity index (χ4v) is 2.67. The number of rotatable bonds is 9. The highest BCUT2D eigenvalue weighted by molar-refractivity contribution is 5.90. The molecule has 0 fully saturated rings. The number of benzene rings is 2. The fraction of sp³-hybridized carbons (Fsp3) is 0.391. The average molecular weight is 431 g/mol. The lowest BCUT2D eigenvalue weighted by atomic mass is 10.2. The second-order valence-electron chi connectivity index (χ2n) is 7.36. The number of nitrogens with zero attached hydrogens (tertiary/aromatic N) is 1. The minimum Gasteiger partial charge on any atom is -0.449 e. The summed E-state index contributed by atoms with van der Waals surface area (Å²) >= 11 is 0. The van der Waals surface area contributed by atoms with Gasteiger partial charge in [0.15, 0.2) is 6.29 Å². The van der Waals surface area contributed by atoms with Crippen molar-refractivity contribution in [2.24, 2.45) is 5.92 Å². The van der Waals surface area contributed by atoms with Crippen LogP contribution in [-0.4, -0.2) is 45.8 Å². The molecule has 0 spiro atoms. The molecule has 8 nitrogen and oxygen atoms in total. The van der Waals surface area contributed by atoms with Crippen LogP contribution in [0.3, 0.4) is 0 Å². The van der Waals surface area contributed by atoms with Gasteiger partial charge in [-0.2, -0.15) is 0 Å². The normalized spacial score (nSPS) is 10.8. The SMILES string of the molecule is COC(CN(C(=O)Oc1cccc(NC(=O)OCC(C)C)c1)c1cccc(C)c1)OC. The summed E-state index contributed by atoms with van der Waals surface area (Å²) in [5, 5.41) is 2.62. The van der Waals surface area contributed by atoms with Crippen LogP contribution in [0.15, 0.2) is 48.5 Å². The molecular formula is C23H30N2O6. The number of nitrogens with one attached hydrogen (secondary N) is 1. The molecule has 0 atom stereocenters. The van der Waals surface area contributed by atoms with Crippen LogP contribution >= 0.6 is 0 Å². The first-order chi connectivity index (χ1) is 14.8. The molecule has 0 aliphatic rings. The number of amides is 2. The highest BCUT2D eigenvalue weighted by Gasteiger charge is 2.23. The molecular weight excluding hydrogens is 400 g/mol. The Balaban J connectivity index is 2.14. The Kier molecular flexibility index (Phi) is 9.30. The summed E-state index contributed by atoms with van der Waals surface area (Å²) in [6, 6.07) is 14.0. The van der Waals surface area contributed by atoms with Gasteiger partial charge in [0.1, 0.15) is 5.75 Å². The summed E-state index contributed by atoms with van der Waals surface area (Å²) in [5.74, 6) is 0.504. The van der Waals surface area contributed by atoms with E-state index in [4.69, 9.17) is 18.9 Å². The Hall–Kier alpha value is -3.10. The Labute approximate surface area is 183 Å². The molecule has 31 heavy (non-hydrogen) atoms. The third-order valence-corrected chi connectivity index (χ3v) is 4.22. The topological polar surface area (TPSA) is 86.3 Å². The molecule has 2 aromatic carbocycles. The van der Waals surface area contributed by atoms with Gasteiger partial charge in [0, 0.05) is 31.7 Å².